The topological polar surface area (TPSA) is 42.2 Å². The summed E-state index contributed by atoms with van der Waals surface area (Å²) >= 11 is 0. The zero-order valence-electron chi connectivity index (χ0n) is 9.32. The summed E-state index contributed by atoms with van der Waals surface area (Å²) in [4.78, 5) is 6.83. The lowest BCUT2D eigenvalue weighted by molar-refractivity contribution is 0.421. The van der Waals surface area contributed by atoms with Crippen LogP contribution in [0.1, 0.15) is 18.4 Å². The minimum Gasteiger partial charge on any atom is -0.356 e. The maximum Gasteiger partial charge on any atom is 0.131 e. The van der Waals surface area contributed by atoms with Crippen molar-refractivity contribution in [3.05, 3.63) is 23.9 Å². The lowest BCUT2D eigenvalue weighted by atomic mass is 9.98. The van der Waals surface area contributed by atoms with E-state index >= 15 is 0 Å². The predicted octanol–water partition coefficient (Wildman–Crippen LogP) is 1.57. The smallest absolute Gasteiger partial charge is 0.131 e. The van der Waals surface area contributed by atoms with Crippen LogP contribution >= 0.6 is 0 Å². The van der Waals surface area contributed by atoms with Crippen LogP contribution in [0.15, 0.2) is 18.3 Å². The minimum atomic E-state index is 0.639. The van der Waals surface area contributed by atoms with Crippen LogP contribution in [0, 0.1) is 12.8 Å². The first-order valence-electron chi connectivity index (χ1n) is 5.68. The van der Waals surface area contributed by atoms with Crippen LogP contribution < -0.4 is 10.6 Å². The van der Waals surface area contributed by atoms with Crippen LogP contribution in [0.3, 0.4) is 0 Å². The average Bonchev–Trinajstić information content (AvgIpc) is 2.30. The van der Waals surface area contributed by atoms with Crippen molar-refractivity contribution in [2.24, 2.45) is 11.7 Å². The number of aromatic nitrogens is 1. The molecule has 3 nitrogen and oxygen atoms in total. The summed E-state index contributed by atoms with van der Waals surface area (Å²) in [5, 5.41) is 0. The zero-order chi connectivity index (χ0) is 10.7. The summed E-state index contributed by atoms with van der Waals surface area (Å²) in [6.07, 6.45) is 4.37. The van der Waals surface area contributed by atoms with E-state index in [4.69, 9.17) is 5.73 Å². The first kappa shape index (κ1) is 10.4. The molecule has 2 rings (SSSR count). The molecule has 1 atom stereocenters. The average molecular weight is 205 g/mol. The molecule has 2 heterocycles. The van der Waals surface area contributed by atoms with E-state index < -0.39 is 0 Å². The molecule has 0 radical (unpaired) electrons. The summed E-state index contributed by atoms with van der Waals surface area (Å²) in [5.74, 6) is 1.77. The fraction of sp³-hybridized carbons (Fsp3) is 0.583. The molecule has 2 N–H and O–H groups in total. The lowest BCUT2D eigenvalue weighted by Gasteiger charge is -2.33. The number of pyridine rings is 1. The Morgan fingerprint density at radius 1 is 1.60 bits per heavy atom. The van der Waals surface area contributed by atoms with Crippen molar-refractivity contribution < 1.29 is 0 Å². The fourth-order valence-electron chi connectivity index (χ4n) is 2.26. The molecule has 1 aliphatic rings. The number of rotatable bonds is 2. The minimum absolute atomic E-state index is 0.639. The van der Waals surface area contributed by atoms with Crippen molar-refractivity contribution in [1.82, 2.24) is 4.98 Å². The standard InChI is InChI=1S/C12H19N3/c1-10-4-2-6-14-12(10)15-7-3-5-11(8-13)9-15/h2,4,6,11H,3,5,7-9,13H2,1H3. The number of nitrogens with zero attached hydrogens (tertiary/aromatic N) is 2. The van der Waals surface area contributed by atoms with Crippen LogP contribution in [0.25, 0.3) is 0 Å². The highest BCUT2D eigenvalue weighted by molar-refractivity contribution is 5.46. The molecule has 0 bridgehead atoms. The summed E-state index contributed by atoms with van der Waals surface area (Å²) in [6, 6.07) is 4.11. The highest BCUT2D eigenvalue weighted by atomic mass is 15.2. The van der Waals surface area contributed by atoms with Crippen molar-refractivity contribution in [3.63, 3.8) is 0 Å². The summed E-state index contributed by atoms with van der Waals surface area (Å²) in [5.41, 5.74) is 6.99. The van der Waals surface area contributed by atoms with Crippen LogP contribution in [-0.2, 0) is 0 Å². The number of hydrogen-bond acceptors (Lipinski definition) is 3. The molecule has 1 aromatic heterocycles. The maximum atomic E-state index is 5.73. The van der Waals surface area contributed by atoms with Crippen LogP contribution in [0.4, 0.5) is 5.82 Å². The van der Waals surface area contributed by atoms with Gasteiger partial charge in [0.05, 0.1) is 0 Å². The van der Waals surface area contributed by atoms with E-state index in [1.54, 1.807) is 0 Å². The molecule has 1 fully saturated rings. The molecule has 1 aromatic rings. The molecule has 0 saturated carbocycles. The molecule has 1 aliphatic heterocycles. The molecular formula is C12H19N3. The van der Waals surface area contributed by atoms with E-state index in [0.29, 0.717) is 5.92 Å². The van der Waals surface area contributed by atoms with Gasteiger partial charge in [0.2, 0.25) is 0 Å². The van der Waals surface area contributed by atoms with E-state index in [2.05, 4.69) is 22.9 Å². The Balaban J connectivity index is 2.13. The predicted molar refractivity (Wildman–Crippen MR) is 63.0 cm³/mol. The van der Waals surface area contributed by atoms with Gasteiger partial charge in [-0.3, -0.25) is 0 Å². The second kappa shape index (κ2) is 4.62. The first-order valence-corrected chi connectivity index (χ1v) is 5.68. The second-order valence-corrected chi connectivity index (χ2v) is 4.33. The Bertz CT molecular complexity index is 324. The quantitative estimate of drug-likeness (QED) is 0.796. The van der Waals surface area contributed by atoms with E-state index in [-0.39, 0.29) is 0 Å². The number of piperidine rings is 1. The van der Waals surface area contributed by atoms with Crippen molar-refractivity contribution >= 4 is 5.82 Å². The molecule has 0 spiro atoms. The van der Waals surface area contributed by atoms with E-state index in [1.165, 1.54) is 18.4 Å². The van der Waals surface area contributed by atoms with Crippen molar-refractivity contribution in [1.29, 1.82) is 0 Å². The van der Waals surface area contributed by atoms with Gasteiger partial charge in [0.25, 0.3) is 0 Å². The van der Waals surface area contributed by atoms with Gasteiger partial charge < -0.3 is 10.6 Å². The number of anilines is 1. The summed E-state index contributed by atoms with van der Waals surface area (Å²) in [7, 11) is 0. The van der Waals surface area contributed by atoms with E-state index in [1.807, 2.05) is 12.3 Å². The fourth-order valence-corrected chi connectivity index (χ4v) is 2.26. The number of aryl methyl sites for hydroxylation is 1. The second-order valence-electron chi connectivity index (χ2n) is 4.33. The molecule has 0 amide bonds. The Hall–Kier alpha value is -1.09. The van der Waals surface area contributed by atoms with Crippen molar-refractivity contribution in [2.45, 2.75) is 19.8 Å². The SMILES string of the molecule is Cc1cccnc1N1CCCC(CN)C1. The van der Waals surface area contributed by atoms with Gasteiger partial charge in [-0.25, -0.2) is 4.98 Å². The third-order valence-corrected chi connectivity index (χ3v) is 3.13. The Morgan fingerprint density at radius 3 is 3.20 bits per heavy atom. The lowest BCUT2D eigenvalue weighted by Crippen LogP contribution is -2.39. The highest BCUT2D eigenvalue weighted by Gasteiger charge is 2.20. The monoisotopic (exact) mass is 205 g/mol. The molecule has 1 unspecified atom stereocenters. The third kappa shape index (κ3) is 2.29. The van der Waals surface area contributed by atoms with Crippen LogP contribution in [-0.4, -0.2) is 24.6 Å². The molecule has 15 heavy (non-hydrogen) atoms. The van der Waals surface area contributed by atoms with Gasteiger partial charge in [0, 0.05) is 19.3 Å². The van der Waals surface area contributed by atoms with Gasteiger partial charge in [0.1, 0.15) is 5.82 Å². The zero-order valence-corrected chi connectivity index (χ0v) is 9.32. The van der Waals surface area contributed by atoms with Gasteiger partial charge in [0.15, 0.2) is 0 Å². The molecule has 0 aromatic carbocycles. The number of nitrogens with two attached hydrogens (primary N) is 1. The van der Waals surface area contributed by atoms with Gasteiger partial charge in [-0.15, -0.1) is 0 Å². The summed E-state index contributed by atoms with van der Waals surface area (Å²) < 4.78 is 0. The normalized spacial score (nSPS) is 21.7. The molecule has 0 aliphatic carbocycles. The van der Waals surface area contributed by atoms with Gasteiger partial charge in [-0.05, 0) is 43.9 Å². The van der Waals surface area contributed by atoms with E-state index in [0.717, 1.165) is 25.5 Å². The Labute approximate surface area is 91.3 Å². The maximum absolute atomic E-state index is 5.73. The van der Waals surface area contributed by atoms with Gasteiger partial charge >= 0.3 is 0 Å². The third-order valence-electron chi connectivity index (χ3n) is 3.13. The van der Waals surface area contributed by atoms with Gasteiger partial charge in [-0.1, -0.05) is 6.07 Å². The summed E-state index contributed by atoms with van der Waals surface area (Å²) in [6.45, 7) is 5.10. The molecular weight excluding hydrogens is 186 g/mol. The first-order chi connectivity index (χ1) is 7.31. The van der Waals surface area contributed by atoms with Crippen LogP contribution in [0.5, 0.6) is 0 Å². The molecule has 82 valence electrons. The molecule has 1 saturated heterocycles. The highest BCUT2D eigenvalue weighted by Crippen LogP contribution is 2.23. The van der Waals surface area contributed by atoms with Crippen molar-refractivity contribution in [2.75, 3.05) is 24.5 Å². The Kier molecular flexibility index (Phi) is 3.21. The van der Waals surface area contributed by atoms with Gasteiger partial charge in [-0.2, -0.15) is 0 Å². The molecule has 3 heteroatoms. The van der Waals surface area contributed by atoms with Crippen molar-refractivity contribution in [3.8, 4) is 0 Å². The van der Waals surface area contributed by atoms with Crippen LogP contribution in [0.2, 0.25) is 0 Å². The number of hydrogen-bond donors (Lipinski definition) is 1. The van der Waals surface area contributed by atoms with E-state index in [9.17, 15) is 0 Å². The Morgan fingerprint density at radius 2 is 2.47 bits per heavy atom. The largest absolute Gasteiger partial charge is 0.356 e.